The Balaban J connectivity index is 1.84. The van der Waals surface area contributed by atoms with Crippen LogP contribution in [0.15, 0.2) is 108 Å². The van der Waals surface area contributed by atoms with Gasteiger partial charge in [-0.3, -0.25) is 13.9 Å². The predicted octanol–water partition coefficient (Wildman–Crippen LogP) is 6.54. The monoisotopic (exact) mass is 649 g/mol. The van der Waals surface area contributed by atoms with E-state index >= 15 is 4.39 Å². The van der Waals surface area contributed by atoms with E-state index in [4.69, 9.17) is 11.6 Å². The van der Waals surface area contributed by atoms with Gasteiger partial charge in [-0.05, 0) is 75.2 Å². The number of para-hydroxylation sites is 1. The van der Waals surface area contributed by atoms with Crippen molar-refractivity contribution in [3.05, 3.63) is 131 Å². The Bertz CT molecular complexity index is 1740. The van der Waals surface area contributed by atoms with Gasteiger partial charge in [0.05, 0.1) is 10.6 Å². The molecule has 0 radical (unpaired) electrons. The first-order valence-electron chi connectivity index (χ1n) is 14.5. The zero-order chi connectivity index (χ0) is 32.8. The summed E-state index contributed by atoms with van der Waals surface area (Å²) < 4.78 is 44.3. The van der Waals surface area contributed by atoms with Crippen LogP contribution in [-0.2, 0) is 32.6 Å². The lowest BCUT2D eigenvalue weighted by Gasteiger charge is -2.35. The SMILES string of the molecule is Cc1ccccc1N(CC(=O)N(Cc1ccccc1F)[C@@H](Cc1ccccc1)C(=O)NC(C)(C)C)S(=O)(=O)c1ccc(Cl)cc1. The largest absolute Gasteiger partial charge is 0.350 e. The molecular weight excluding hydrogens is 613 g/mol. The number of anilines is 1. The summed E-state index contributed by atoms with van der Waals surface area (Å²) in [5.74, 6) is -1.67. The third-order valence-electron chi connectivity index (χ3n) is 7.13. The van der Waals surface area contributed by atoms with E-state index in [0.29, 0.717) is 16.3 Å². The first kappa shape index (κ1) is 33.7. The molecule has 0 aromatic heterocycles. The van der Waals surface area contributed by atoms with Gasteiger partial charge in [0.2, 0.25) is 11.8 Å². The normalized spacial score (nSPS) is 12.3. The molecule has 4 aromatic carbocycles. The Hall–Kier alpha value is -4.21. The number of hydrogen-bond acceptors (Lipinski definition) is 4. The van der Waals surface area contributed by atoms with Crippen LogP contribution < -0.4 is 9.62 Å². The minimum absolute atomic E-state index is 0.0603. The van der Waals surface area contributed by atoms with Gasteiger partial charge in [0.15, 0.2) is 0 Å². The van der Waals surface area contributed by atoms with E-state index in [-0.39, 0.29) is 23.4 Å². The van der Waals surface area contributed by atoms with Crippen molar-refractivity contribution >= 4 is 39.1 Å². The highest BCUT2D eigenvalue weighted by molar-refractivity contribution is 7.92. The van der Waals surface area contributed by atoms with Gasteiger partial charge in [-0.2, -0.15) is 0 Å². The molecular formula is C35H37ClFN3O4S. The van der Waals surface area contributed by atoms with Crippen LogP contribution in [0.3, 0.4) is 0 Å². The number of rotatable bonds is 11. The maximum absolute atomic E-state index is 15.0. The number of nitrogens with one attached hydrogen (secondary N) is 1. The second kappa shape index (κ2) is 14.3. The van der Waals surface area contributed by atoms with Crippen molar-refractivity contribution in [2.45, 2.75) is 57.1 Å². The Kier molecular flexibility index (Phi) is 10.7. The van der Waals surface area contributed by atoms with Crippen LogP contribution in [0.1, 0.15) is 37.5 Å². The second-order valence-corrected chi connectivity index (χ2v) is 14.1. The van der Waals surface area contributed by atoms with Gasteiger partial charge in [0, 0.05) is 29.1 Å². The number of carbonyl (C=O) groups excluding carboxylic acids is 2. The molecule has 0 spiro atoms. The molecule has 0 saturated carbocycles. The summed E-state index contributed by atoms with van der Waals surface area (Å²) in [7, 11) is -4.28. The van der Waals surface area contributed by atoms with Gasteiger partial charge in [-0.1, -0.05) is 78.3 Å². The first-order chi connectivity index (χ1) is 21.3. The Morgan fingerprint density at radius 1 is 0.867 bits per heavy atom. The molecule has 0 fully saturated rings. The van der Waals surface area contributed by atoms with Crippen molar-refractivity contribution in [2.75, 3.05) is 10.8 Å². The van der Waals surface area contributed by atoms with Gasteiger partial charge in [-0.25, -0.2) is 12.8 Å². The number of sulfonamides is 1. The highest BCUT2D eigenvalue weighted by atomic mass is 35.5. The minimum atomic E-state index is -4.28. The molecule has 4 aromatic rings. The summed E-state index contributed by atoms with van der Waals surface area (Å²) in [5.41, 5.74) is 1.25. The number of halogens is 2. The summed E-state index contributed by atoms with van der Waals surface area (Å²) in [6.07, 6.45) is 0.122. The number of hydrogen-bond donors (Lipinski definition) is 1. The van der Waals surface area contributed by atoms with Crippen molar-refractivity contribution < 1.29 is 22.4 Å². The van der Waals surface area contributed by atoms with Crippen LogP contribution >= 0.6 is 11.6 Å². The van der Waals surface area contributed by atoms with E-state index in [1.165, 1.54) is 41.3 Å². The molecule has 1 N–H and O–H groups in total. The first-order valence-corrected chi connectivity index (χ1v) is 16.3. The molecule has 0 aliphatic carbocycles. The molecule has 0 saturated heterocycles. The fourth-order valence-corrected chi connectivity index (χ4v) is 6.51. The van der Waals surface area contributed by atoms with Gasteiger partial charge >= 0.3 is 0 Å². The lowest BCUT2D eigenvalue weighted by Crippen LogP contribution is -2.56. The van der Waals surface area contributed by atoms with Crippen LogP contribution in [0.25, 0.3) is 0 Å². The lowest BCUT2D eigenvalue weighted by atomic mass is 10.0. The van der Waals surface area contributed by atoms with Crippen molar-refractivity contribution in [1.82, 2.24) is 10.2 Å². The number of benzene rings is 4. The van der Waals surface area contributed by atoms with Crippen LogP contribution in [-0.4, -0.2) is 43.3 Å². The summed E-state index contributed by atoms with van der Waals surface area (Å²) >= 11 is 6.04. The van der Waals surface area contributed by atoms with Gasteiger partial charge < -0.3 is 10.2 Å². The number of carbonyl (C=O) groups is 2. The van der Waals surface area contributed by atoms with Crippen LogP contribution in [0, 0.1) is 12.7 Å². The molecule has 0 heterocycles. The van der Waals surface area contributed by atoms with E-state index in [0.717, 1.165) is 9.87 Å². The quantitative estimate of drug-likeness (QED) is 0.200. The minimum Gasteiger partial charge on any atom is -0.350 e. The third kappa shape index (κ3) is 8.71. The van der Waals surface area contributed by atoms with Crippen LogP contribution in [0.2, 0.25) is 5.02 Å². The molecule has 2 amide bonds. The zero-order valence-corrected chi connectivity index (χ0v) is 27.3. The van der Waals surface area contributed by atoms with E-state index in [1.807, 2.05) is 51.1 Å². The number of nitrogens with zero attached hydrogens (tertiary/aromatic N) is 2. The molecule has 0 aliphatic rings. The molecule has 0 unspecified atom stereocenters. The second-order valence-electron chi connectivity index (χ2n) is 11.8. The predicted molar refractivity (Wildman–Crippen MR) is 176 cm³/mol. The Morgan fingerprint density at radius 3 is 2.09 bits per heavy atom. The van der Waals surface area contributed by atoms with Crippen LogP contribution in [0.5, 0.6) is 0 Å². The number of aryl methyl sites for hydroxylation is 1. The smallest absolute Gasteiger partial charge is 0.264 e. The summed E-state index contributed by atoms with van der Waals surface area (Å²) in [6.45, 7) is 6.32. The fraction of sp³-hybridized carbons (Fsp3) is 0.257. The lowest BCUT2D eigenvalue weighted by molar-refractivity contribution is -0.140. The molecule has 0 bridgehead atoms. The van der Waals surface area contributed by atoms with E-state index in [9.17, 15) is 18.0 Å². The van der Waals surface area contributed by atoms with E-state index in [2.05, 4.69) is 5.32 Å². The topological polar surface area (TPSA) is 86.8 Å². The third-order valence-corrected chi connectivity index (χ3v) is 9.16. The Morgan fingerprint density at radius 2 is 1.47 bits per heavy atom. The van der Waals surface area contributed by atoms with Crippen molar-refractivity contribution in [2.24, 2.45) is 0 Å². The average molecular weight is 650 g/mol. The van der Waals surface area contributed by atoms with Crippen LogP contribution in [0.4, 0.5) is 10.1 Å². The van der Waals surface area contributed by atoms with Crippen molar-refractivity contribution in [3.63, 3.8) is 0 Å². The summed E-state index contributed by atoms with van der Waals surface area (Å²) in [4.78, 5) is 29.6. The summed E-state index contributed by atoms with van der Waals surface area (Å²) in [5, 5.41) is 3.32. The molecule has 236 valence electrons. The fourth-order valence-electron chi connectivity index (χ4n) is 4.91. The van der Waals surface area contributed by atoms with Gasteiger partial charge in [0.25, 0.3) is 10.0 Å². The molecule has 7 nitrogen and oxygen atoms in total. The molecule has 1 atom stereocenters. The number of amides is 2. The Labute approximate surface area is 269 Å². The van der Waals surface area contributed by atoms with Gasteiger partial charge in [-0.15, -0.1) is 0 Å². The van der Waals surface area contributed by atoms with E-state index < -0.39 is 45.8 Å². The maximum Gasteiger partial charge on any atom is 0.264 e. The highest BCUT2D eigenvalue weighted by Crippen LogP contribution is 2.28. The maximum atomic E-state index is 15.0. The van der Waals surface area contributed by atoms with Gasteiger partial charge in [0.1, 0.15) is 18.4 Å². The molecule has 45 heavy (non-hydrogen) atoms. The summed E-state index contributed by atoms with van der Waals surface area (Å²) in [6, 6.07) is 26.6. The standard InChI is InChI=1S/C35H37ClFN3O4S/c1-25-12-8-11-17-31(25)40(45(43,44)29-20-18-28(36)19-21-29)24-33(41)39(23-27-15-9-10-16-30(27)37)32(34(42)38-35(2,3)4)22-26-13-6-5-7-14-26/h5-21,32H,22-24H2,1-4H3,(H,38,42)/t32-/m0/s1. The average Bonchev–Trinajstić information content (AvgIpc) is 2.98. The molecule has 10 heteroatoms. The van der Waals surface area contributed by atoms with Crippen molar-refractivity contribution in [1.29, 1.82) is 0 Å². The van der Waals surface area contributed by atoms with Crippen molar-refractivity contribution in [3.8, 4) is 0 Å². The zero-order valence-electron chi connectivity index (χ0n) is 25.7. The molecule has 4 rings (SSSR count). The highest BCUT2D eigenvalue weighted by Gasteiger charge is 2.36. The van der Waals surface area contributed by atoms with E-state index in [1.54, 1.807) is 43.3 Å². The molecule has 0 aliphatic heterocycles.